The second-order valence-corrected chi connectivity index (χ2v) is 5.48. The number of nitrogens with one attached hydrogen (secondary N) is 1. The highest BCUT2D eigenvalue weighted by atomic mass is 35.5. The van der Waals surface area contributed by atoms with E-state index in [2.05, 4.69) is 10.3 Å². The zero-order valence-electron chi connectivity index (χ0n) is 11.1. The van der Waals surface area contributed by atoms with Gasteiger partial charge in [-0.25, -0.2) is 4.98 Å². The van der Waals surface area contributed by atoms with E-state index in [-0.39, 0.29) is 6.61 Å². The zero-order chi connectivity index (χ0) is 14.7. The largest absolute Gasteiger partial charge is 0.484 e. The van der Waals surface area contributed by atoms with Crippen molar-refractivity contribution < 1.29 is 4.74 Å². The van der Waals surface area contributed by atoms with Crippen LogP contribution in [0.1, 0.15) is 11.4 Å². The molecule has 0 aliphatic carbocycles. The Hall–Kier alpha value is -0.940. The molecule has 2 aromatic rings. The molecule has 0 aliphatic heterocycles. The van der Waals surface area contributed by atoms with Crippen molar-refractivity contribution in [1.29, 1.82) is 0 Å². The van der Waals surface area contributed by atoms with Gasteiger partial charge in [0.2, 0.25) is 0 Å². The summed E-state index contributed by atoms with van der Waals surface area (Å²) < 4.78 is 7.54. The minimum Gasteiger partial charge on any atom is -0.484 e. The van der Waals surface area contributed by atoms with Crippen molar-refractivity contribution in [1.82, 2.24) is 14.9 Å². The summed E-state index contributed by atoms with van der Waals surface area (Å²) in [5, 5.41) is 4.66. The van der Waals surface area contributed by atoms with Crippen LogP contribution >= 0.6 is 34.8 Å². The second-order valence-electron chi connectivity index (χ2n) is 4.25. The molecule has 1 N–H and O–H groups in total. The Labute approximate surface area is 132 Å². The molecule has 0 bridgehead atoms. The van der Waals surface area contributed by atoms with Crippen molar-refractivity contribution in [2.75, 3.05) is 7.05 Å². The van der Waals surface area contributed by atoms with Gasteiger partial charge in [0, 0.05) is 24.2 Å². The number of hydrogen-bond acceptors (Lipinski definition) is 3. The highest BCUT2D eigenvalue weighted by Gasteiger charge is 2.12. The third-order valence-corrected chi connectivity index (χ3v) is 3.68. The van der Waals surface area contributed by atoms with Crippen LogP contribution in [-0.2, 0) is 20.2 Å². The molecule has 0 radical (unpaired) electrons. The van der Waals surface area contributed by atoms with Crippen LogP contribution in [-0.4, -0.2) is 16.6 Å². The Morgan fingerprint density at radius 3 is 2.65 bits per heavy atom. The molecule has 0 saturated carbocycles. The summed E-state index contributed by atoms with van der Waals surface area (Å²) >= 11 is 18.1. The molecule has 0 aliphatic rings. The molecule has 20 heavy (non-hydrogen) atoms. The Bertz CT molecular complexity index is 613. The fourth-order valence-electron chi connectivity index (χ4n) is 1.79. The summed E-state index contributed by atoms with van der Waals surface area (Å²) in [5.41, 5.74) is 0.894. The molecule has 0 fully saturated rings. The number of ether oxygens (including phenoxy) is 1. The van der Waals surface area contributed by atoms with E-state index in [1.807, 2.05) is 20.2 Å². The predicted molar refractivity (Wildman–Crippen MR) is 81.8 cm³/mol. The van der Waals surface area contributed by atoms with E-state index in [1.54, 1.807) is 16.8 Å². The first-order valence-electron chi connectivity index (χ1n) is 5.94. The number of hydrogen-bond donors (Lipinski definition) is 1. The summed E-state index contributed by atoms with van der Waals surface area (Å²) in [6.45, 7) is 0.887. The van der Waals surface area contributed by atoms with Gasteiger partial charge >= 0.3 is 0 Å². The third kappa shape index (κ3) is 3.38. The van der Waals surface area contributed by atoms with Gasteiger partial charge in [-0.1, -0.05) is 34.8 Å². The molecule has 0 amide bonds. The normalized spacial score (nSPS) is 10.8. The Morgan fingerprint density at radius 1 is 1.30 bits per heavy atom. The maximum atomic E-state index is 6.19. The molecule has 1 aromatic carbocycles. The first-order valence-corrected chi connectivity index (χ1v) is 7.07. The molecule has 108 valence electrons. The lowest BCUT2D eigenvalue weighted by Crippen LogP contribution is -2.09. The molecule has 0 unspecified atom stereocenters. The molecule has 1 heterocycles. The van der Waals surface area contributed by atoms with Gasteiger partial charge < -0.3 is 14.6 Å². The molecule has 0 saturated heterocycles. The third-order valence-electron chi connectivity index (χ3n) is 2.83. The van der Waals surface area contributed by atoms with Crippen LogP contribution in [0, 0.1) is 0 Å². The summed E-state index contributed by atoms with van der Waals surface area (Å²) in [5.74, 6) is 1.32. The lowest BCUT2D eigenvalue weighted by molar-refractivity contribution is 0.288. The minimum absolute atomic E-state index is 0.279. The SMILES string of the molecule is CNCc1cc(Cl)cc(Cl)c1OCc1ncc(Cl)n1C. The van der Waals surface area contributed by atoms with Crippen LogP contribution in [0.4, 0.5) is 0 Å². The monoisotopic (exact) mass is 333 g/mol. The molecular formula is C13H14Cl3N3O. The lowest BCUT2D eigenvalue weighted by Gasteiger charge is -2.13. The fraction of sp³-hybridized carbons (Fsp3) is 0.308. The van der Waals surface area contributed by atoms with Crippen molar-refractivity contribution in [2.24, 2.45) is 7.05 Å². The minimum atomic E-state index is 0.279. The molecular weight excluding hydrogens is 321 g/mol. The molecule has 7 heteroatoms. The van der Waals surface area contributed by atoms with Gasteiger partial charge in [0.25, 0.3) is 0 Å². The molecule has 2 rings (SSSR count). The molecule has 4 nitrogen and oxygen atoms in total. The van der Waals surface area contributed by atoms with Crippen LogP contribution in [0.15, 0.2) is 18.3 Å². The van der Waals surface area contributed by atoms with Crippen molar-refractivity contribution in [2.45, 2.75) is 13.2 Å². The highest BCUT2D eigenvalue weighted by Crippen LogP contribution is 2.33. The Kier molecular flexibility index (Phi) is 5.16. The van der Waals surface area contributed by atoms with Gasteiger partial charge in [-0.15, -0.1) is 0 Å². The molecule has 0 spiro atoms. The molecule has 1 aromatic heterocycles. The van der Waals surface area contributed by atoms with Gasteiger partial charge in [0.05, 0.1) is 11.2 Å². The smallest absolute Gasteiger partial charge is 0.147 e. The lowest BCUT2D eigenvalue weighted by atomic mass is 10.2. The van der Waals surface area contributed by atoms with Crippen molar-refractivity contribution in [3.05, 3.63) is 44.9 Å². The van der Waals surface area contributed by atoms with Gasteiger partial charge in [-0.3, -0.25) is 0 Å². The number of aromatic nitrogens is 2. The van der Waals surface area contributed by atoms with Crippen LogP contribution in [0.25, 0.3) is 0 Å². The van der Waals surface area contributed by atoms with Crippen molar-refractivity contribution in [3.8, 4) is 5.75 Å². The van der Waals surface area contributed by atoms with Crippen LogP contribution < -0.4 is 10.1 Å². The summed E-state index contributed by atoms with van der Waals surface area (Å²) in [4.78, 5) is 4.17. The van der Waals surface area contributed by atoms with E-state index in [9.17, 15) is 0 Å². The zero-order valence-corrected chi connectivity index (χ0v) is 13.4. The summed E-state index contributed by atoms with van der Waals surface area (Å²) in [6.07, 6.45) is 1.58. The van der Waals surface area contributed by atoms with Gasteiger partial charge in [-0.2, -0.15) is 0 Å². The number of imidazole rings is 1. The van der Waals surface area contributed by atoms with E-state index in [1.165, 1.54) is 0 Å². The second kappa shape index (κ2) is 6.68. The topological polar surface area (TPSA) is 39.1 Å². The average Bonchev–Trinajstić information content (AvgIpc) is 2.69. The Balaban J connectivity index is 2.22. The fourth-order valence-corrected chi connectivity index (χ4v) is 2.53. The van der Waals surface area contributed by atoms with Crippen LogP contribution in [0.3, 0.4) is 0 Å². The average molecular weight is 335 g/mol. The van der Waals surface area contributed by atoms with Gasteiger partial charge in [0.15, 0.2) is 0 Å². The summed E-state index contributed by atoms with van der Waals surface area (Å²) in [6, 6.07) is 3.48. The maximum Gasteiger partial charge on any atom is 0.147 e. The van der Waals surface area contributed by atoms with Crippen LogP contribution in [0.5, 0.6) is 5.75 Å². The van der Waals surface area contributed by atoms with E-state index < -0.39 is 0 Å². The maximum absolute atomic E-state index is 6.19. The summed E-state index contributed by atoms with van der Waals surface area (Å²) in [7, 11) is 3.67. The Morgan fingerprint density at radius 2 is 2.05 bits per heavy atom. The first kappa shape index (κ1) is 15.4. The van der Waals surface area contributed by atoms with E-state index in [0.29, 0.717) is 27.5 Å². The van der Waals surface area contributed by atoms with Crippen molar-refractivity contribution in [3.63, 3.8) is 0 Å². The number of halogens is 3. The highest BCUT2D eigenvalue weighted by molar-refractivity contribution is 6.35. The van der Waals surface area contributed by atoms with E-state index >= 15 is 0 Å². The van der Waals surface area contributed by atoms with E-state index in [4.69, 9.17) is 39.5 Å². The first-order chi connectivity index (χ1) is 9.52. The number of nitrogens with zero attached hydrogens (tertiary/aromatic N) is 2. The van der Waals surface area contributed by atoms with E-state index in [0.717, 1.165) is 11.4 Å². The van der Waals surface area contributed by atoms with Crippen molar-refractivity contribution >= 4 is 34.8 Å². The quantitative estimate of drug-likeness (QED) is 0.906. The predicted octanol–water partition coefficient (Wildman–Crippen LogP) is 3.68. The number of benzene rings is 1. The van der Waals surface area contributed by atoms with Gasteiger partial charge in [0.1, 0.15) is 23.3 Å². The molecule has 0 atom stereocenters. The van der Waals surface area contributed by atoms with Gasteiger partial charge in [-0.05, 0) is 19.2 Å². The standard InChI is InChI=1S/C13H14Cl3N3O/c1-17-5-8-3-9(14)4-10(15)13(8)20-7-12-18-6-11(16)19(12)2/h3-4,6,17H,5,7H2,1-2H3. The van der Waals surface area contributed by atoms with Crippen LogP contribution in [0.2, 0.25) is 15.2 Å². The number of rotatable bonds is 5.